The van der Waals surface area contributed by atoms with Crippen molar-refractivity contribution in [3.63, 3.8) is 0 Å². The van der Waals surface area contributed by atoms with Crippen LogP contribution in [0.2, 0.25) is 0 Å². The molecule has 1 aromatic carbocycles. The van der Waals surface area contributed by atoms with Crippen LogP contribution >= 0.6 is 0 Å². The highest BCUT2D eigenvalue weighted by atomic mass is 16.2. The number of fused-ring (bicyclic) bond motifs is 1. The molecule has 2 N–H and O–H groups in total. The lowest BCUT2D eigenvalue weighted by Gasteiger charge is -2.32. The van der Waals surface area contributed by atoms with Crippen LogP contribution in [0.25, 0.3) is 0 Å². The number of nitrogens with zero attached hydrogens (tertiary/aromatic N) is 1. The SMILES string of the molecule is CC1(C)CNC(=O)c2ccc(NC(=O)CC#N)cc21. The van der Waals surface area contributed by atoms with E-state index < -0.39 is 0 Å². The molecule has 19 heavy (non-hydrogen) atoms. The van der Waals surface area contributed by atoms with Gasteiger partial charge in [0.1, 0.15) is 6.42 Å². The van der Waals surface area contributed by atoms with Crippen LogP contribution in [0.4, 0.5) is 5.69 Å². The normalized spacial score (nSPS) is 15.9. The Bertz CT molecular complexity index is 585. The second-order valence-corrected chi connectivity index (χ2v) is 5.21. The number of nitrogens with one attached hydrogen (secondary N) is 2. The molecule has 0 aliphatic carbocycles. The molecule has 0 bridgehead atoms. The summed E-state index contributed by atoms with van der Waals surface area (Å²) in [5.74, 6) is -0.440. The number of hydrogen-bond acceptors (Lipinski definition) is 3. The van der Waals surface area contributed by atoms with Crippen molar-refractivity contribution >= 4 is 17.5 Å². The van der Waals surface area contributed by atoms with Crippen LogP contribution in [-0.2, 0) is 10.2 Å². The van der Waals surface area contributed by atoms with Crippen LogP contribution in [0.5, 0.6) is 0 Å². The Morgan fingerprint density at radius 3 is 2.95 bits per heavy atom. The summed E-state index contributed by atoms with van der Waals surface area (Å²) in [6.07, 6.45) is -0.180. The first-order chi connectivity index (χ1) is 8.94. The molecular weight excluding hydrogens is 242 g/mol. The molecule has 1 heterocycles. The van der Waals surface area contributed by atoms with Gasteiger partial charge in [-0.25, -0.2) is 0 Å². The molecule has 98 valence electrons. The number of carbonyl (C=O) groups excluding carboxylic acids is 2. The van der Waals surface area contributed by atoms with Gasteiger partial charge in [-0.3, -0.25) is 9.59 Å². The molecule has 0 saturated heterocycles. The second-order valence-electron chi connectivity index (χ2n) is 5.21. The highest BCUT2D eigenvalue weighted by molar-refractivity contribution is 5.99. The zero-order valence-corrected chi connectivity index (χ0v) is 10.9. The van der Waals surface area contributed by atoms with E-state index in [4.69, 9.17) is 5.26 Å². The molecule has 1 aromatic rings. The Kier molecular flexibility index (Phi) is 3.26. The molecule has 0 aromatic heterocycles. The number of amides is 2. The number of nitriles is 1. The molecule has 5 heteroatoms. The van der Waals surface area contributed by atoms with Crippen LogP contribution in [-0.4, -0.2) is 18.4 Å². The van der Waals surface area contributed by atoms with E-state index in [0.29, 0.717) is 17.8 Å². The Morgan fingerprint density at radius 2 is 2.26 bits per heavy atom. The van der Waals surface area contributed by atoms with Gasteiger partial charge in [0.2, 0.25) is 5.91 Å². The number of benzene rings is 1. The first-order valence-corrected chi connectivity index (χ1v) is 6.03. The van der Waals surface area contributed by atoms with E-state index in [9.17, 15) is 9.59 Å². The van der Waals surface area contributed by atoms with Gasteiger partial charge in [-0.15, -0.1) is 0 Å². The Balaban J connectivity index is 2.35. The van der Waals surface area contributed by atoms with Gasteiger partial charge in [-0.05, 0) is 23.8 Å². The minimum absolute atomic E-state index is 0.0933. The minimum Gasteiger partial charge on any atom is -0.351 e. The average molecular weight is 257 g/mol. The van der Waals surface area contributed by atoms with Crippen molar-refractivity contribution in [3.8, 4) is 6.07 Å². The van der Waals surface area contributed by atoms with Crippen molar-refractivity contribution in [3.05, 3.63) is 29.3 Å². The second kappa shape index (κ2) is 4.73. The Morgan fingerprint density at radius 1 is 1.53 bits per heavy atom. The highest BCUT2D eigenvalue weighted by Crippen LogP contribution is 2.31. The van der Waals surface area contributed by atoms with Gasteiger partial charge in [0, 0.05) is 23.2 Å². The zero-order valence-electron chi connectivity index (χ0n) is 10.9. The third-order valence-corrected chi connectivity index (χ3v) is 3.21. The molecule has 2 amide bonds. The number of anilines is 1. The van der Waals surface area contributed by atoms with Gasteiger partial charge < -0.3 is 10.6 Å². The molecule has 0 spiro atoms. The van der Waals surface area contributed by atoms with Crippen LogP contribution in [0.15, 0.2) is 18.2 Å². The van der Waals surface area contributed by atoms with E-state index >= 15 is 0 Å². The highest BCUT2D eigenvalue weighted by Gasteiger charge is 2.31. The first-order valence-electron chi connectivity index (χ1n) is 6.03. The van der Waals surface area contributed by atoms with E-state index in [1.165, 1.54) is 0 Å². The molecular formula is C14H15N3O2. The summed E-state index contributed by atoms with van der Waals surface area (Å²) in [5.41, 5.74) is 1.97. The fourth-order valence-electron chi connectivity index (χ4n) is 2.15. The molecule has 0 unspecified atom stereocenters. The Hall–Kier alpha value is -2.35. The summed E-state index contributed by atoms with van der Waals surface area (Å²) >= 11 is 0. The maximum absolute atomic E-state index is 11.8. The van der Waals surface area contributed by atoms with Crippen molar-refractivity contribution in [1.82, 2.24) is 5.32 Å². The first kappa shape index (κ1) is 13.1. The summed E-state index contributed by atoms with van der Waals surface area (Å²) < 4.78 is 0. The van der Waals surface area contributed by atoms with Crippen molar-refractivity contribution in [1.29, 1.82) is 5.26 Å². The van der Waals surface area contributed by atoms with Gasteiger partial charge in [0.15, 0.2) is 0 Å². The fourth-order valence-corrected chi connectivity index (χ4v) is 2.15. The van der Waals surface area contributed by atoms with E-state index in [2.05, 4.69) is 10.6 Å². The largest absolute Gasteiger partial charge is 0.351 e. The summed E-state index contributed by atoms with van der Waals surface area (Å²) in [7, 11) is 0. The number of rotatable bonds is 2. The molecule has 5 nitrogen and oxygen atoms in total. The zero-order chi connectivity index (χ0) is 14.0. The van der Waals surface area contributed by atoms with Crippen molar-refractivity contribution < 1.29 is 9.59 Å². The summed E-state index contributed by atoms with van der Waals surface area (Å²) in [5, 5.41) is 14.0. The maximum atomic E-state index is 11.8. The summed E-state index contributed by atoms with van der Waals surface area (Å²) in [6, 6.07) is 6.98. The van der Waals surface area contributed by atoms with Crippen molar-refractivity contribution in [2.24, 2.45) is 0 Å². The topological polar surface area (TPSA) is 82.0 Å². The van der Waals surface area contributed by atoms with Crippen LogP contribution in [0.1, 0.15) is 36.2 Å². The standard InChI is InChI=1S/C14H15N3O2/c1-14(2)8-16-13(19)10-4-3-9(7-11(10)14)17-12(18)5-6-15/h3-4,7H,5,8H2,1-2H3,(H,16,19)(H,17,18). The van der Waals surface area contributed by atoms with Crippen LogP contribution in [0.3, 0.4) is 0 Å². The summed E-state index contributed by atoms with van der Waals surface area (Å²) in [6.45, 7) is 4.63. The van der Waals surface area contributed by atoms with Crippen LogP contribution < -0.4 is 10.6 Å². The van der Waals surface area contributed by atoms with Crippen molar-refractivity contribution in [2.45, 2.75) is 25.7 Å². The third-order valence-electron chi connectivity index (χ3n) is 3.21. The van der Waals surface area contributed by atoms with Gasteiger partial charge in [0.05, 0.1) is 6.07 Å². The van der Waals surface area contributed by atoms with Gasteiger partial charge >= 0.3 is 0 Å². The van der Waals surface area contributed by atoms with E-state index in [0.717, 1.165) is 5.56 Å². The van der Waals surface area contributed by atoms with E-state index in [1.807, 2.05) is 19.9 Å². The molecule has 1 aliphatic heterocycles. The third kappa shape index (κ3) is 2.58. The number of carbonyl (C=O) groups is 2. The predicted molar refractivity (Wildman–Crippen MR) is 70.7 cm³/mol. The predicted octanol–water partition coefficient (Wildman–Crippen LogP) is 1.56. The van der Waals surface area contributed by atoms with Gasteiger partial charge in [-0.2, -0.15) is 5.26 Å². The summed E-state index contributed by atoms with van der Waals surface area (Å²) in [4.78, 5) is 23.2. The minimum atomic E-state index is -0.347. The monoisotopic (exact) mass is 257 g/mol. The average Bonchev–Trinajstić information content (AvgIpc) is 2.35. The van der Waals surface area contributed by atoms with E-state index in [-0.39, 0.29) is 23.7 Å². The molecule has 1 aliphatic rings. The fraction of sp³-hybridized carbons (Fsp3) is 0.357. The lowest BCUT2D eigenvalue weighted by Crippen LogP contribution is -2.43. The molecule has 2 rings (SSSR count). The maximum Gasteiger partial charge on any atom is 0.251 e. The quantitative estimate of drug-likeness (QED) is 0.843. The Labute approximate surface area is 111 Å². The number of hydrogen-bond donors (Lipinski definition) is 2. The smallest absolute Gasteiger partial charge is 0.251 e. The van der Waals surface area contributed by atoms with Crippen LogP contribution in [0, 0.1) is 11.3 Å². The van der Waals surface area contributed by atoms with Gasteiger partial charge in [-0.1, -0.05) is 13.8 Å². The van der Waals surface area contributed by atoms with E-state index in [1.54, 1.807) is 18.2 Å². The lowest BCUT2D eigenvalue weighted by atomic mass is 9.79. The van der Waals surface area contributed by atoms with Crippen molar-refractivity contribution in [2.75, 3.05) is 11.9 Å². The van der Waals surface area contributed by atoms with Gasteiger partial charge in [0.25, 0.3) is 5.91 Å². The molecule has 0 saturated carbocycles. The molecule has 0 atom stereocenters. The molecule has 0 radical (unpaired) electrons. The molecule has 0 fully saturated rings. The lowest BCUT2D eigenvalue weighted by molar-refractivity contribution is -0.115.